The summed E-state index contributed by atoms with van der Waals surface area (Å²) in [7, 11) is 0. The van der Waals surface area contributed by atoms with Crippen molar-refractivity contribution in [2.24, 2.45) is 0 Å². The highest BCUT2D eigenvalue weighted by atomic mass is 79.9. The average molecular weight is 275 g/mol. The molecule has 0 unspecified atom stereocenters. The quantitative estimate of drug-likeness (QED) is 0.393. The van der Waals surface area contributed by atoms with E-state index >= 15 is 0 Å². The molecule has 0 N–H and O–H groups in total. The maximum absolute atomic E-state index is 3.85. The highest BCUT2D eigenvalue weighted by molar-refractivity contribution is 9.11. The minimum Gasteiger partial charge on any atom is -0.0889 e. The second-order valence-corrected chi connectivity index (χ2v) is 5.57. The van der Waals surface area contributed by atoms with E-state index in [2.05, 4.69) is 29.4 Å². The Hall–Kier alpha value is 0.220. The number of allylic oxidation sites excluding steroid dienone is 1. The van der Waals surface area contributed by atoms with Gasteiger partial charge >= 0.3 is 0 Å². The normalized spacial score (nSPS) is 10.5. The molecule has 0 rings (SSSR count). The van der Waals surface area contributed by atoms with E-state index in [1.165, 1.54) is 64.2 Å². The molecule has 0 aliphatic rings. The van der Waals surface area contributed by atoms with Gasteiger partial charge in [-0.15, -0.1) is 0 Å². The maximum atomic E-state index is 3.85. The molecule has 0 nitrogen and oxygen atoms in total. The van der Waals surface area contributed by atoms with Crippen molar-refractivity contribution in [1.82, 2.24) is 0 Å². The van der Waals surface area contributed by atoms with Crippen LogP contribution >= 0.6 is 15.9 Å². The Morgan fingerprint density at radius 2 is 1.20 bits per heavy atom. The van der Waals surface area contributed by atoms with Gasteiger partial charge in [0.1, 0.15) is 0 Å². The van der Waals surface area contributed by atoms with E-state index in [9.17, 15) is 0 Å². The van der Waals surface area contributed by atoms with Gasteiger partial charge in [0.25, 0.3) is 0 Å². The predicted molar refractivity (Wildman–Crippen MR) is 74.5 cm³/mol. The van der Waals surface area contributed by atoms with Crippen molar-refractivity contribution >= 4 is 15.9 Å². The van der Waals surface area contributed by atoms with Gasteiger partial charge in [0.05, 0.1) is 0 Å². The molecule has 0 aliphatic heterocycles. The molecule has 1 heteroatoms. The molecule has 90 valence electrons. The highest BCUT2D eigenvalue weighted by Crippen LogP contribution is 2.15. The minimum absolute atomic E-state index is 1.15. The predicted octanol–water partition coefficient (Wildman–Crippen LogP) is 6.21. The van der Waals surface area contributed by atoms with Crippen molar-refractivity contribution in [1.29, 1.82) is 0 Å². The van der Waals surface area contributed by atoms with Crippen LogP contribution in [0, 0.1) is 0 Å². The third-order valence-electron chi connectivity index (χ3n) is 2.80. The molecule has 0 bridgehead atoms. The fraction of sp³-hybridized carbons (Fsp3) is 0.857. The lowest BCUT2D eigenvalue weighted by Crippen LogP contribution is -1.81. The van der Waals surface area contributed by atoms with Crippen LogP contribution < -0.4 is 0 Å². The van der Waals surface area contributed by atoms with Crippen LogP contribution in [0.5, 0.6) is 0 Å². The zero-order valence-corrected chi connectivity index (χ0v) is 11.9. The number of rotatable bonds is 11. The second kappa shape index (κ2) is 12.3. The SMILES string of the molecule is C=C(Br)CCCCCCCCCCCC. The summed E-state index contributed by atoms with van der Waals surface area (Å²) >= 11 is 3.40. The van der Waals surface area contributed by atoms with E-state index < -0.39 is 0 Å². The second-order valence-electron chi connectivity index (χ2n) is 4.45. The Balaban J connectivity index is 2.89. The minimum atomic E-state index is 1.15. The lowest BCUT2D eigenvalue weighted by atomic mass is 10.1. The summed E-state index contributed by atoms with van der Waals surface area (Å²) in [5, 5.41) is 0. The van der Waals surface area contributed by atoms with Crippen LogP contribution in [0.25, 0.3) is 0 Å². The number of hydrogen-bond acceptors (Lipinski definition) is 0. The van der Waals surface area contributed by atoms with Gasteiger partial charge < -0.3 is 0 Å². The third-order valence-corrected chi connectivity index (χ3v) is 3.20. The van der Waals surface area contributed by atoms with E-state index in [-0.39, 0.29) is 0 Å². The molecule has 0 saturated carbocycles. The maximum Gasteiger partial charge on any atom is -0.0121 e. The molecule has 0 aromatic heterocycles. The fourth-order valence-electron chi connectivity index (χ4n) is 1.80. The Morgan fingerprint density at radius 3 is 1.60 bits per heavy atom. The van der Waals surface area contributed by atoms with Crippen LogP contribution in [0.4, 0.5) is 0 Å². The van der Waals surface area contributed by atoms with Crippen molar-refractivity contribution in [2.75, 3.05) is 0 Å². The molecule has 0 saturated heterocycles. The van der Waals surface area contributed by atoms with Gasteiger partial charge in [-0.25, -0.2) is 0 Å². The van der Waals surface area contributed by atoms with Crippen molar-refractivity contribution in [3.8, 4) is 0 Å². The molecule has 0 spiro atoms. The Kier molecular flexibility index (Phi) is 12.5. The summed E-state index contributed by atoms with van der Waals surface area (Å²) in [6.45, 7) is 6.12. The first-order valence-electron chi connectivity index (χ1n) is 6.60. The van der Waals surface area contributed by atoms with Crippen LogP contribution in [0.2, 0.25) is 0 Å². The Morgan fingerprint density at radius 1 is 0.800 bits per heavy atom. The van der Waals surface area contributed by atoms with E-state index in [4.69, 9.17) is 0 Å². The van der Waals surface area contributed by atoms with Crippen molar-refractivity contribution < 1.29 is 0 Å². The first-order valence-corrected chi connectivity index (χ1v) is 7.40. The van der Waals surface area contributed by atoms with Crippen LogP contribution in [0.15, 0.2) is 11.1 Å². The Labute approximate surface area is 105 Å². The molecule has 0 aliphatic carbocycles. The summed E-state index contributed by atoms with van der Waals surface area (Å²) in [5.74, 6) is 0. The summed E-state index contributed by atoms with van der Waals surface area (Å²) in [6.07, 6.45) is 15.2. The average Bonchev–Trinajstić information content (AvgIpc) is 2.20. The monoisotopic (exact) mass is 274 g/mol. The topological polar surface area (TPSA) is 0 Å². The number of hydrogen-bond donors (Lipinski definition) is 0. The molecule has 0 atom stereocenters. The van der Waals surface area contributed by atoms with Gasteiger partial charge in [-0.3, -0.25) is 0 Å². The molecule has 0 radical (unpaired) electrons. The summed E-state index contributed by atoms with van der Waals surface area (Å²) in [6, 6.07) is 0. The van der Waals surface area contributed by atoms with Gasteiger partial charge in [-0.05, 0) is 17.3 Å². The lowest BCUT2D eigenvalue weighted by molar-refractivity contribution is 0.557. The molecule has 0 aromatic rings. The molecule has 15 heavy (non-hydrogen) atoms. The molecular weight excluding hydrogens is 248 g/mol. The summed E-state index contributed by atoms with van der Waals surface area (Å²) in [5.41, 5.74) is 0. The van der Waals surface area contributed by atoms with Crippen LogP contribution in [0.3, 0.4) is 0 Å². The fourth-order valence-corrected chi connectivity index (χ4v) is 2.08. The molecule has 0 amide bonds. The van der Waals surface area contributed by atoms with E-state index in [0.29, 0.717) is 0 Å². The summed E-state index contributed by atoms with van der Waals surface area (Å²) in [4.78, 5) is 0. The standard InChI is InChI=1S/C14H27Br/c1-3-4-5-6-7-8-9-10-11-12-13-14(2)15/h2-13H2,1H3. The first kappa shape index (κ1) is 15.2. The van der Waals surface area contributed by atoms with Crippen LogP contribution in [-0.2, 0) is 0 Å². The van der Waals surface area contributed by atoms with Gasteiger partial charge in [-0.1, -0.05) is 87.2 Å². The zero-order valence-electron chi connectivity index (χ0n) is 10.4. The molecule has 0 aromatic carbocycles. The van der Waals surface area contributed by atoms with E-state index in [0.717, 1.165) is 10.9 Å². The third kappa shape index (κ3) is 14.2. The van der Waals surface area contributed by atoms with E-state index in [1.807, 2.05) is 0 Å². The molecule has 0 heterocycles. The number of halogens is 1. The van der Waals surface area contributed by atoms with Gasteiger partial charge in [-0.2, -0.15) is 0 Å². The van der Waals surface area contributed by atoms with Crippen LogP contribution in [-0.4, -0.2) is 0 Å². The Bertz CT molecular complexity index is 140. The van der Waals surface area contributed by atoms with Crippen molar-refractivity contribution in [3.05, 3.63) is 11.1 Å². The van der Waals surface area contributed by atoms with Gasteiger partial charge in [0, 0.05) is 0 Å². The lowest BCUT2D eigenvalue weighted by Gasteiger charge is -2.01. The van der Waals surface area contributed by atoms with E-state index in [1.54, 1.807) is 0 Å². The smallest absolute Gasteiger partial charge is 0.0121 e. The van der Waals surface area contributed by atoms with Crippen molar-refractivity contribution in [3.63, 3.8) is 0 Å². The van der Waals surface area contributed by atoms with Gasteiger partial charge in [0.2, 0.25) is 0 Å². The van der Waals surface area contributed by atoms with Crippen molar-refractivity contribution in [2.45, 2.75) is 77.6 Å². The summed E-state index contributed by atoms with van der Waals surface area (Å²) < 4.78 is 1.15. The molecule has 0 fully saturated rings. The number of unbranched alkanes of at least 4 members (excludes halogenated alkanes) is 9. The van der Waals surface area contributed by atoms with Crippen LogP contribution in [0.1, 0.15) is 77.6 Å². The molecular formula is C14H27Br. The first-order chi connectivity index (χ1) is 7.27. The highest BCUT2D eigenvalue weighted by Gasteiger charge is 1.93. The largest absolute Gasteiger partial charge is 0.0889 e. The van der Waals surface area contributed by atoms with Gasteiger partial charge in [0.15, 0.2) is 0 Å². The zero-order chi connectivity index (χ0) is 11.4.